The van der Waals surface area contributed by atoms with Gasteiger partial charge < -0.3 is 5.73 Å². The second kappa shape index (κ2) is 4.87. The van der Waals surface area contributed by atoms with Gasteiger partial charge in [0.05, 0.1) is 5.69 Å². The average Bonchev–Trinajstić information content (AvgIpc) is 2.90. The largest absolute Gasteiger partial charge is 0.382 e. The van der Waals surface area contributed by atoms with Crippen LogP contribution in [0.1, 0.15) is 5.56 Å². The van der Waals surface area contributed by atoms with Gasteiger partial charge in [0.1, 0.15) is 22.5 Å². The van der Waals surface area contributed by atoms with E-state index in [2.05, 4.69) is 16.2 Å². The van der Waals surface area contributed by atoms with E-state index in [0.717, 1.165) is 11.3 Å². The molecule has 0 radical (unpaired) electrons. The van der Waals surface area contributed by atoms with E-state index in [9.17, 15) is 5.26 Å². The topological polar surface area (TPSA) is 80.0 Å². The van der Waals surface area contributed by atoms with Crippen LogP contribution in [0.15, 0.2) is 41.4 Å². The summed E-state index contributed by atoms with van der Waals surface area (Å²) in [7, 11) is 0. The van der Waals surface area contributed by atoms with E-state index in [1.54, 1.807) is 4.52 Å². The van der Waals surface area contributed by atoms with Crippen molar-refractivity contribution in [3.05, 3.63) is 42.0 Å². The first-order chi connectivity index (χ1) is 9.74. The molecule has 0 aliphatic rings. The highest BCUT2D eigenvalue weighted by Gasteiger charge is 2.15. The highest BCUT2D eigenvalue weighted by atomic mass is 32.2. The molecule has 1 aromatic carbocycles. The van der Waals surface area contributed by atoms with E-state index in [0.29, 0.717) is 16.2 Å². The fourth-order valence-electron chi connectivity index (χ4n) is 2.04. The summed E-state index contributed by atoms with van der Waals surface area (Å²) < 4.78 is 1.67. The van der Waals surface area contributed by atoms with Crippen LogP contribution in [0.3, 0.4) is 0 Å². The minimum Gasteiger partial charge on any atom is -0.382 e. The van der Waals surface area contributed by atoms with Gasteiger partial charge in [0.15, 0.2) is 5.65 Å². The first-order valence-electron chi connectivity index (χ1n) is 5.93. The number of hydrogen-bond donors (Lipinski definition) is 1. The van der Waals surface area contributed by atoms with Gasteiger partial charge in [0, 0.05) is 11.6 Å². The number of nitrogens with zero attached hydrogens (tertiary/aromatic N) is 4. The summed E-state index contributed by atoms with van der Waals surface area (Å²) in [6, 6.07) is 13.8. The van der Waals surface area contributed by atoms with Crippen molar-refractivity contribution in [2.75, 3.05) is 12.0 Å². The van der Waals surface area contributed by atoms with E-state index in [4.69, 9.17) is 5.73 Å². The van der Waals surface area contributed by atoms with Crippen molar-refractivity contribution in [3.8, 4) is 17.3 Å². The molecule has 0 aliphatic heterocycles. The van der Waals surface area contributed by atoms with Crippen molar-refractivity contribution in [1.29, 1.82) is 5.26 Å². The maximum absolute atomic E-state index is 9.19. The van der Waals surface area contributed by atoms with Gasteiger partial charge in [-0.2, -0.15) is 10.4 Å². The zero-order chi connectivity index (χ0) is 14.1. The summed E-state index contributed by atoms with van der Waals surface area (Å²) >= 11 is 1.43. The molecule has 98 valence electrons. The summed E-state index contributed by atoms with van der Waals surface area (Å²) in [4.78, 5) is 4.24. The molecule has 0 saturated heterocycles. The monoisotopic (exact) mass is 281 g/mol. The van der Waals surface area contributed by atoms with Crippen LogP contribution in [-0.2, 0) is 0 Å². The molecule has 3 aromatic rings. The van der Waals surface area contributed by atoms with E-state index in [1.165, 1.54) is 11.8 Å². The van der Waals surface area contributed by atoms with E-state index in [1.807, 2.05) is 42.7 Å². The number of rotatable bonds is 2. The molecule has 2 heterocycles. The van der Waals surface area contributed by atoms with Crippen LogP contribution in [0.5, 0.6) is 0 Å². The van der Waals surface area contributed by atoms with Crippen LogP contribution in [0.4, 0.5) is 5.82 Å². The van der Waals surface area contributed by atoms with Gasteiger partial charge in [-0.3, -0.25) is 0 Å². The summed E-state index contributed by atoms with van der Waals surface area (Å²) in [5.41, 5.74) is 8.66. The fraction of sp³-hybridized carbons (Fsp3) is 0.0714. The smallest absolute Gasteiger partial charge is 0.159 e. The SMILES string of the molecule is CSc1c(C#N)c(N)nc2cc(-c3ccccc3)nn12. The van der Waals surface area contributed by atoms with Gasteiger partial charge in [0.2, 0.25) is 0 Å². The van der Waals surface area contributed by atoms with Gasteiger partial charge in [0.25, 0.3) is 0 Å². The van der Waals surface area contributed by atoms with Crippen LogP contribution in [0.2, 0.25) is 0 Å². The third kappa shape index (κ3) is 1.89. The van der Waals surface area contributed by atoms with Crippen molar-refractivity contribution < 1.29 is 0 Å². The lowest BCUT2D eigenvalue weighted by atomic mass is 10.2. The second-order valence-electron chi connectivity index (χ2n) is 4.16. The number of nitrogen functional groups attached to an aromatic ring is 1. The molecule has 0 fully saturated rings. The maximum Gasteiger partial charge on any atom is 0.159 e. The minimum absolute atomic E-state index is 0.240. The van der Waals surface area contributed by atoms with Crippen LogP contribution >= 0.6 is 11.8 Å². The van der Waals surface area contributed by atoms with Crippen LogP contribution in [0, 0.1) is 11.3 Å². The van der Waals surface area contributed by atoms with Crippen molar-refractivity contribution >= 4 is 23.2 Å². The van der Waals surface area contributed by atoms with E-state index < -0.39 is 0 Å². The zero-order valence-electron chi connectivity index (χ0n) is 10.7. The number of benzene rings is 1. The first-order valence-corrected chi connectivity index (χ1v) is 7.16. The minimum atomic E-state index is 0.240. The first kappa shape index (κ1) is 12.5. The van der Waals surface area contributed by atoms with Crippen molar-refractivity contribution in [2.24, 2.45) is 0 Å². The lowest BCUT2D eigenvalue weighted by Gasteiger charge is -2.05. The Morgan fingerprint density at radius 3 is 2.70 bits per heavy atom. The quantitative estimate of drug-likeness (QED) is 0.577. The standard InChI is InChI=1S/C14H11N5S/c1-20-14-10(8-15)13(16)17-12-7-11(18-19(12)14)9-5-3-2-4-6-9/h2-7H,1H3,(H2,16,17). The molecule has 0 aliphatic carbocycles. The number of nitriles is 1. The molecule has 6 heteroatoms. The lowest BCUT2D eigenvalue weighted by molar-refractivity contribution is 0.843. The van der Waals surface area contributed by atoms with Gasteiger partial charge in [-0.05, 0) is 6.26 Å². The predicted molar refractivity (Wildman–Crippen MR) is 79.3 cm³/mol. The number of anilines is 1. The highest BCUT2D eigenvalue weighted by molar-refractivity contribution is 7.98. The van der Waals surface area contributed by atoms with E-state index in [-0.39, 0.29) is 5.82 Å². The maximum atomic E-state index is 9.19. The highest BCUT2D eigenvalue weighted by Crippen LogP contribution is 2.27. The molecule has 0 amide bonds. The molecular weight excluding hydrogens is 270 g/mol. The number of hydrogen-bond acceptors (Lipinski definition) is 5. The van der Waals surface area contributed by atoms with Gasteiger partial charge in [-0.1, -0.05) is 30.3 Å². The summed E-state index contributed by atoms with van der Waals surface area (Å²) in [6.07, 6.45) is 1.89. The molecule has 0 atom stereocenters. The Morgan fingerprint density at radius 1 is 1.30 bits per heavy atom. The molecule has 5 nitrogen and oxygen atoms in total. The summed E-state index contributed by atoms with van der Waals surface area (Å²) in [5.74, 6) is 0.240. The molecule has 3 rings (SSSR count). The van der Waals surface area contributed by atoms with Gasteiger partial charge in [-0.25, -0.2) is 9.50 Å². The predicted octanol–water partition coefficient (Wildman–Crippen LogP) is 2.57. The summed E-state index contributed by atoms with van der Waals surface area (Å²) in [6.45, 7) is 0. The molecule has 0 unspecified atom stereocenters. The Labute approximate surface area is 120 Å². The van der Waals surface area contributed by atoms with Gasteiger partial charge >= 0.3 is 0 Å². The Kier molecular flexibility index (Phi) is 3.05. The molecule has 0 saturated carbocycles. The lowest BCUT2D eigenvalue weighted by Crippen LogP contribution is -2.03. The molecule has 2 aromatic heterocycles. The molecule has 0 bridgehead atoms. The number of nitrogens with two attached hydrogens (primary N) is 1. The average molecular weight is 281 g/mol. The second-order valence-corrected chi connectivity index (χ2v) is 4.95. The Bertz CT molecular complexity index is 817. The Morgan fingerprint density at radius 2 is 2.05 bits per heavy atom. The Balaban J connectivity index is 2.29. The number of aromatic nitrogens is 3. The summed E-state index contributed by atoms with van der Waals surface area (Å²) in [5, 5.41) is 14.4. The van der Waals surface area contributed by atoms with Gasteiger partial charge in [-0.15, -0.1) is 11.8 Å². The van der Waals surface area contributed by atoms with Crippen LogP contribution in [0.25, 0.3) is 16.9 Å². The number of thioether (sulfide) groups is 1. The third-order valence-corrected chi connectivity index (χ3v) is 3.73. The van der Waals surface area contributed by atoms with Crippen molar-refractivity contribution in [2.45, 2.75) is 5.03 Å². The molecular formula is C14H11N5S. The normalized spacial score (nSPS) is 10.6. The van der Waals surface area contributed by atoms with Crippen molar-refractivity contribution in [3.63, 3.8) is 0 Å². The Hall–Kier alpha value is -2.52. The van der Waals surface area contributed by atoms with Crippen LogP contribution < -0.4 is 5.73 Å². The van der Waals surface area contributed by atoms with E-state index >= 15 is 0 Å². The third-order valence-electron chi connectivity index (χ3n) is 2.96. The molecule has 20 heavy (non-hydrogen) atoms. The fourth-order valence-corrected chi connectivity index (χ4v) is 2.70. The zero-order valence-corrected chi connectivity index (χ0v) is 11.6. The van der Waals surface area contributed by atoms with Crippen LogP contribution in [-0.4, -0.2) is 20.9 Å². The molecule has 2 N–H and O–H groups in total. The number of fused-ring (bicyclic) bond motifs is 1. The molecule has 0 spiro atoms. The van der Waals surface area contributed by atoms with Crippen molar-refractivity contribution in [1.82, 2.24) is 14.6 Å².